The highest BCUT2D eigenvalue weighted by Crippen LogP contribution is 2.28. The van der Waals surface area contributed by atoms with Gasteiger partial charge in [0.25, 0.3) is 5.91 Å². The fourth-order valence-electron chi connectivity index (χ4n) is 2.15. The van der Waals surface area contributed by atoms with Crippen LogP contribution in [0, 0.1) is 5.41 Å². The first-order chi connectivity index (χ1) is 8.52. The van der Waals surface area contributed by atoms with Gasteiger partial charge in [-0.2, -0.15) is 5.10 Å². The van der Waals surface area contributed by atoms with Crippen molar-refractivity contribution < 1.29 is 9.53 Å². The first kappa shape index (κ1) is 12.9. The molecule has 100 valence electrons. The van der Waals surface area contributed by atoms with E-state index in [1.165, 1.54) is 10.9 Å². The summed E-state index contributed by atoms with van der Waals surface area (Å²) < 4.78 is 6.83. The van der Waals surface area contributed by atoms with Crippen molar-refractivity contribution in [1.82, 2.24) is 15.1 Å². The summed E-state index contributed by atoms with van der Waals surface area (Å²) in [5.41, 5.74) is 6.66. The minimum absolute atomic E-state index is 0.112. The topological polar surface area (TPSA) is 82.2 Å². The van der Waals surface area contributed by atoms with Gasteiger partial charge in [0.05, 0.1) is 11.9 Å². The summed E-state index contributed by atoms with van der Waals surface area (Å²) >= 11 is 0. The number of carbonyl (C=O) groups excluding carboxylic acids is 1. The molecule has 0 bridgehead atoms. The van der Waals surface area contributed by atoms with Gasteiger partial charge in [-0.1, -0.05) is 6.92 Å². The number of nitrogens with two attached hydrogens (primary N) is 1. The Kier molecular flexibility index (Phi) is 3.56. The van der Waals surface area contributed by atoms with Crippen LogP contribution < -0.4 is 11.1 Å². The number of rotatable bonds is 3. The summed E-state index contributed by atoms with van der Waals surface area (Å²) in [6.07, 6.45) is 3.42. The number of nitrogen functional groups attached to an aromatic ring is 1. The fourth-order valence-corrected chi connectivity index (χ4v) is 2.15. The van der Waals surface area contributed by atoms with Gasteiger partial charge in [-0.05, 0) is 18.3 Å². The van der Waals surface area contributed by atoms with E-state index in [1.54, 1.807) is 7.05 Å². The lowest BCUT2D eigenvalue weighted by Crippen LogP contribution is -2.40. The predicted molar refractivity (Wildman–Crippen MR) is 68.1 cm³/mol. The lowest BCUT2D eigenvalue weighted by molar-refractivity contribution is 0.0238. The summed E-state index contributed by atoms with van der Waals surface area (Å²) in [6.45, 7) is 4.34. The third-order valence-corrected chi connectivity index (χ3v) is 3.56. The normalized spacial score (nSPS) is 18.6. The first-order valence-corrected chi connectivity index (χ1v) is 6.15. The Hall–Kier alpha value is -1.56. The van der Waals surface area contributed by atoms with Crippen molar-refractivity contribution in [1.29, 1.82) is 0 Å². The van der Waals surface area contributed by atoms with Crippen LogP contribution >= 0.6 is 0 Å². The monoisotopic (exact) mass is 252 g/mol. The van der Waals surface area contributed by atoms with Gasteiger partial charge in [0.15, 0.2) is 0 Å². The summed E-state index contributed by atoms with van der Waals surface area (Å²) in [4.78, 5) is 12.0. The summed E-state index contributed by atoms with van der Waals surface area (Å²) in [7, 11) is 1.71. The Morgan fingerprint density at radius 3 is 2.83 bits per heavy atom. The number of amides is 1. The molecule has 2 rings (SSSR count). The van der Waals surface area contributed by atoms with Crippen LogP contribution in [0.2, 0.25) is 0 Å². The number of hydrogen-bond donors (Lipinski definition) is 2. The van der Waals surface area contributed by atoms with Crippen LogP contribution in [0.3, 0.4) is 0 Å². The zero-order valence-corrected chi connectivity index (χ0v) is 10.9. The van der Waals surface area contributed by atoms with Crippen LogP contribution in [0.25, 0.3) is 0 Å². The summed E-state index contributed by atoms with van der Waals surface area (Å²) in [5, 5.41) is 6.90. The Bertz CT molecular complexity index is 416. The molecule has 0 atom stereocenters. The van der Waals surface area contributed by atoms with E-state index >= 15 is 0 Å². The SMILES string of the molecule is Cn1ncc(N)c1C(=O)NCC1(C)CCOCC1. The zero-order valence-electron chi connectivity index (χ0n) is 10.9. The maximum absolute atomic E-state index is 12.0. The molecule has 1 amide bonds. The number of hydrogen-bond acceptors (Lipinski definition) is 4. The van der Waals surface area contributed by atoms with Crippen molar-refractivity contribution in [3.63, 3.8) is 0 Å². The van der Waals surface area contributed by atoms with E-state index in [2.05, 4.69) is 17.3 Å². The second-order valence-electron chi connectivity index (χ2n) is 5.18. The molecule has 0 unspecified atom stereocenters. The molecule has 0 radical (unpaired) electrons. The van der Waals surface area contributed by atoms with Crippen molar-refractivity contribution in [2.45, 2.75) is 19.8 Å². The molecule has 1 saturated heterocycles. The van der Waals surface area contributed by atoms with Gasteiger partial charge in [-0.3, -0.25) is 9.48 Å². The van der Waals surface area contributed by atoms with Crippen molar-refractivity contribution in [2.24, 2.45) is 12.5 Å². The van der Waals surface area contributed by atoms with Crippen LogP contribution in [0.4, 0.5) is 5.69 Å². The lowest BCUT2D eigenvalue weighted by atomic mass is 9.82. The molecule has 3 N–H and O–H groups in total. The van der Waals surface area contributed by atoms with E-state index in [-0.39, 0.29) is 11.3 Å². The van der Waals surface area contributed by atoms with E-state index < -0.39 is 0 Å². The number of aryl methyl sites for hydroxylation is 1. The molecule has 1 aliphatic rings. The molecule has 0 saturated carbocycles. The average molecular weight is 252 g/mol. The Balaban J connectivity index is 1.96. The van der Waals surface area contributed by atoms with Crippen molar-refractivity contribution in [2.75, 3.05) is 25.5 Å². The molecule has 18 heavy (non-hydrogen) atoms. The predicted octanol–water partition coefficient (Wildman–Crippen LogP) is 0.549. The van der Waals surface area contributed by atoms with Gasteiger partial charge in [-0.15, -0.1) is 0 Å². The van der Waals surface area contributed by atoms with E-state index in [0.717, 1.165) is 26.1 Å². The summed E-state index contributed by atoms with van der Waals surface area (Å²) in [6, 6.07) is 0. The third-order valence-electron chi connectivity index (χ3n) is 3.56. The third kappa shape index (κ3) is 2.64. The molecule has 1 fully saturated rings. The number of nitrogens with one attached hydrogen (secondary N) is 1. The van der Waals surface area contributed by atoms with Crippen LogP contribution in [0.15, 0.2) is 6.20 Å². The fraction of sp³-hybridized carbons (Fsp3) is 0.667. The molecule has 0 spiro atoms. The molecule has 0 aromatic carbocycles. The second-order valence-corrected chi connectivity index (χ2v) is 5.18. The van der Waals surface area contributed by atoms with E-state index in [4.69, 9.17) is 10.5 Å². The van der Waals surface area contributed by atoms with Gasteiger partial charge in [0.1, 0.15) is 5.69 Å². The highest BCUT2D eigenvalue weighted by atomic mass is 16.5. The molecule has 2 heterocycles. The molecule has 1 aromatic heterocycles. The van der Waals surface area contributed by atoms with Crippen LogP contribution in [-0.2, 0) is 11.8 Å². The Morgan fingerprint density at radius 1 is 1.61 bits per heavy atom. The first-order valence-electron chi connectivity index (χ1n) is 6.15. The smallest absolute Gasteiger partial charge is 0.271 e. The van der Waals surface area contributed by atoms with Gasteiger partial charge in [0.2, 0.25) is 0 Å². The maximum atomic E-state index is 12.0. The van der Waals surface area contributed by atoms with Gasteiger partial charge in [-0.25, -0.2) is 0 Å². The number of anilines is 1. The molecule has 0 aliphatic carbocycles. The Labute approximate surface area is 106 Å². The highest BCUT2D eigenvalue weighted by Gasteiger charge is 2.28. The number of aromatic nitrogens is 2. The number of carbonyl (C=O) groups is 1. The molecular weight excluding hydrogens is 232 g/mol. The van der Waals surface area contributed by atoms with E-state index in [9.17, 15) is 4.79 Å². The number of nitrogens with zero attached hydrogens (tertiary/aromatic N) is 2. The van der Waals surface area contributed by atoms with Gasteiger partial charge < -0.3 is 15.8 Å². The highest BCUT2D eigenvalue weighted by molar-refractivity contribution is 5.97. The minimum atomic E-state index is -0.166. The standard InChI is InChI=1S/C12H20N4O2/c1-12(3-5-18-6-4-12)8-14-11(17)10-9(13)7-15-16(10)2/h7H,3-6,8,13H2,1-2H3,(H,14,17). The van der Waals surface area contributed by atoms with E-state index in [1.807, 2.05) is 0 Å². The Morgan fingerprint density at radius 2 is 2.28 bits per heavy atom. The second kappa shape index (κ2) is 4.97. The quantitative estimate of drug-likeness (QED) is 0.823. The lowest BCUT2D eigenvalue weighted by Gasteiger charge is -2.33. The van der Waals surface area contributed by atoms with Crippen molar-refractivity contribution in [3.8, 4) is 0 Å². The van der Waals surface area contributed by atoms with E-state index in [0.29, 0.717) is 17.9 Å². The molecular formula is C12H20N4O2. The van der Waals surface area contributed by atoms with Crippen molar-refractivity contribution in [3.05, 3.63) is 11.9 Å². The molecule has 6 heteroatoms. The van der Waals surface area contributed by atoms with Gasteiger partial charge >= 0.3 is 0 Å². The summed E-state index contributed by atoms with van der Waals surface area (Å²) in [5.74, 6) is -0.166. The van der Waals surface area contributed by atoms with Crippen molar-refractivity contribution >= 4 is 11.6 Å². The van der Waals surface area contributed by atoms with Crippen LogP contribution in [0.1, 0.15) is 30.3 Å². The zero-order chi connectivity index (χ0) is 13.2. The van der Waals surface area contributed by atoms with Gasteiger partial charge in [0, 0.05) is 26.8 Å². The number of ether oxygens (including phenoxy) is 1. The molecule has 1 aromatic rings. The molecule has 1 aliphatic heterocycles. The minimum Gasteiger partial charge on any atom is -0.396 e. The molecule has 6 nitrogen and oxygen atoms in total. The largest absolute Gasteiger partial charge is 0.396 e. The average Bonchev–Trinajstić information content (AvgIpc) is 2.67. The van der Waals surface area contributed by atoms with Crippen LogP contribution in [-0.4, -0.2) is 35.4 Å². The maximum Gasteiger partial charge on any atom is 0.271 e. The van der Waals surface area contributed by atoms with Crippen LogP contribution in [0.5, 0.6) is 0 Å².